The lowest BCUT2D eigenvalue weighted by molar-refractivity contribution is -0.146. The topological polar surface area (TPSA) is 88.4 Å². The number of aromatic nitrogens is 4. The predicted molar refractivity (Wildman–Crippen MR) is 149 cm³/mol. The Bertz CT molecular complexity index is 1580. The number of thiazole rings is 1. The van der Waals surface area contributed by atoms with Gasteiger partial charge in [0.1, 0.15) is 0 Å². The van der Waals surface area contributed by atoms with Crippen molar-refractivity contribution in [3.8, 4) is 17.2 Å². The molecule has 0 saturated heterocycles. The monoisotopic (exact) mass is 624 g/mol. The Morgan fingerprint density at radius 2 is 1.93 bits per heavy atom. The summed E-state index contributed by atoms with van der Waals surface area (Å²) in [5.74, 6) is -0.455. The molecule has 2 atom stereocenters. The minimum atomic E-state index is -4.77. The number of halogens is 4. The minimum Gasteiger partial charge on any atom is -0.493 e. The van der Waals surface area contributed by atoms with Crippen molar-refractivity contribution in [1.82, 2.24) is 19.7 Å². The van der Waals surface area contributed by atoms with Crippen molar-refractivity contribution >= 4 is 40.7 Å². The minimum absolute atomic E-state index is 0.0608. The van der Waals surface area contributed by atoms with E-state index in [1.807, 2.05) is 6.07 Å². The number of ether oxygens (including phenoxy) is 3. The summed E-state index contributed by atoms with van der Waals surface area (Å²) in [7, 11) is 3.03. The number of carbonyl (C=O) groups excluding carboxylic acids is 1. The van der Waals surface area contributed by atoms with Gasteiger partial charge in [0.15, 0.2) is 17.3 Å². The molecule has 8 nitrogen and oxygen atoms in total. The smallest absolute Gasteiger partial charge is 0.452 e. The van der Waals surface area contributed by atoms with Crippen LogP contribution in [-0.2, 0) is 28.5 Å². The second kappa shape index (κ2) is 11.9. The Balaban J connectivity index is 1.66. The Kier molecular flexibility index (Phi) is 8.48. The normalized spacial score (nSPS) is 16.5. The van der Waals surface area contributed by atoms with Gasteiger partial charge in [0.05, 0.1) is 48.4 Å². The molecular weight excluding hydrogens is 601 g/mol. The predicted octanol–water partition coefficient (Wildman–Crippen LogP) is 6.64. The van der Waals surface area contributed by atoms with Crippen molar-refractivity contribution in [2.45, 2.75) is 36.4 Å². The molecule has 0 radical (unpaired) electrons. The molecule has 0 saturated carbocycles. The van der Waals surface area contributed by atoms with Crippen LogP contribution in [0.4, 0.5) is 13.2 Å². The third-order valence-corrected chi connectivity index (χ3v) is 9.08. The standard InChI is InChI=1S/C27H24ClF3N4O4S2/c1-4-39-22(36)11-15-13-32-21(40-15)12-20-25-33-34-26(27(29,30)31)35(25)18-9-8-14(28)10-17(18)24(41-20)16-6-5-7-19(37-2)23(16)38-3/h5-10,13,20,24H,4,11-12H2,1-3H3/t20-,24-/m1/s1. The lowest BCUT2D eigenvalue weighted by Crippen LogP contribution is -2.16. The third-order valence-electron chi connectivity index (χ3n) is 6.34. The number of carbonyl (C=O) groups is 1. The molecule has 0 aliphatic carbocycles. The fourth-order valence-electron chi connectivity index (χ4n) is 4.70. The number of nitrogens with zero attached hydrogens (tertiary/aromatic N) is 4. The average molecular weight is 625 g/mol. The van der Waals surface area contributed by atoms with E-state index in [2.05, 4.69) is 15.2 Å². The zero-order valence-electron chi connectivity index (χ0n) is 22.1. The van der Waals surface area contributed by atoms with E-state index in [0.717, 1.165) is 4.57 Å². The van der Waals surface area contributed by atoms with Crippen LogP contribution in [0.25, 0.3) is 5.69 Å². The van der Waals surface area contributed by atoms with Gasteiger partial charge in [-0.15, -0.1) is 33.3 Å². The Labute approximate surface area is 246 Å². The maximum absolute atomic E-state index is 14.2. The third kappa shape index (κ3) is 5.88. The fourth-order valence-corrected chi connectivity index (χ4v) is 7.46. The van der Waals surface area contributed by atoms with E-state index < -0.39 is 22.5 Å². The largest absolute Gasteiger partial charge is 0.493 e. The summed E-state index contributed by atoms with van der Waals surface area (Å²) in [5, 5.41) is 7.47. The molecule has 2 aromatic heterocycles. The summed E-state index contributed by atoms with van der Waals surface area (Å²) >= 11 is 9.09. The average Bonchev–Trinajstić information content (AvgIpc) is 3.55. The summed E-state index contributed by atoms with van der Waals surface area (Å²) in [6, 6.07) is 10.1. The molecule has 3 heterocycles. The van der Waals surface area contributed by atoms with Crippen LogP contribution in [0, 0.1) is 0 Å². The number of rotatable bonds is 8. The first-order valence-electron chi connectivity index (χ1n) is 12.4. The van der Waals surface area contributed by atoms with Crippen LogP contribution in [0.1, 0.15) is 50.1 Å². The molecule has 0 spiro atoms. The van der Waals surface area contributed by atoms with E-state index in [1.165, 1.54) is 43.4 Å². The number of alkyl halides is 3. The Morgan fingerprint density at radius 3 is 2.63 bits per heavy atom. The van der Waals surface area contributed by atoms with Gasteiger partial charge < -0.3 is 14.2 Å². The summed E-state index contributed by atoms with van der Waals surface area (Å²) in [6.07, 6.45) is -2.88. The van der Waals surface area contributed by atoms with Crippen LogP contribution in [-0.4, -0.2) is 46.5 Å². The summed E-state index contributed by atoms with van der Waals surface area (Å²) in [6.45, 7) is 1.99. The van der Waals surface area contributed by atoms with Gasteiger partial charge in [-0.1, -0.05) is 23.7 Å². The lowest BCUT2D eigenvalue weighted by atomic mass is 10.0. The summed E-state index contributed by atoms with van der Waals surface area (Å²) < 4.78 is 60.1. The maximum atomic E-state index is 14.2. The highest BCUT2D eigenvalue weighted by atomic mass is 35.5. The first-order valence-corrected chi connectivity index (χ1v) is 14.6. The van der Waals surface area contributed by atoms with Crippen molar-refractivity contribution in [3.05, 3.63) is 80.3 Å². The number of thioether (sulfide) groups is 1. The van der Waals surface area contributed by atoms with Crippen molar-refractivity contribution in [3.63, 3.8) is 0 Å². The SMILES string of the molecule is CCOC(=O)Cc1cnc(C[C@H]2S[C@H](c3cccc(OC)c3OC)c3cc(Cl)ccc3-n3c2nnc3C(F)(F)F)s1. The second-order valence-corrected chi connectivity index (χ2v) is 11.9. The molecule has 0 amide bonds. The molecule has 41 heavy (non-hydrogen) atoms. The van der Waals surface area contributed by atoms with E-state index in [-0.39, 0.29) is 36.9 Å². The number of esters is 1. The van der Waals surface area contributed by atoms with Gasteiger partial charge in [-0.25, -0.2) is 4.98 Å². The van der Waals surface area contributed by atoms with Crippen molar-refractivity contribution in [2.75, 3.05) is 20.8 Å². The molecule has 0 N–H and O–H groups in total. The highest BCUT2D eigenvalue weighted by molar-refractivity contribution is 8.00. The zero-order chi connectivity index (χ0) is 29.3. The van der Waals surface area contributed by atoms with Crippen LogP contribution >= 0.6 is 34.7 Å². The number of benzene rings is 2. The van der Waals surface area contributed by atoms with E-state index in [1.54, 1.807) is 37.4 Å². The van der Waals surface area contributed by atoms with Gasteiger partial charge in [0, 0.05) is 28.1 Å². The number of hydrogen-bond acceptors (Lipinski definition) is 9. The van der Waals surface area contributed by atoms with Gasteiger partial charge in [-0.2, -0.15) is 13.2 Å². The number of methoxy groups -OCH3 is 2. The van der Waals surface area contributed by atoms with Crippen molar-refractivity contribution in [1.29, 1.82) is 0 Å². The molecule has 0 fully saturated rings. The van der Waals surface area contributed by atoms with Crippen LogP contribution < -0.4 is 9.47 Å². The van der Waals surface area contributed by atoms with Crippen molar-refractivity contribution in [2.24, 2.45) is 0 Å². The van der Waals surface area contributed by atoms with E-state index in [0.29, 0.717) is 37.5 Å². The van der Waals surface area contributed by atoms with Gasteiger partial charge in [-0.3, -0.25) is 9.36 Å². The maximum Gasteiger partial charge on any atom is 0.452 e. The highest BCUT2D eigenvalue weighted by Crippen LogP contribution is 2.54. The summed E-state index contributed by atoms with van der Waals surface area (Å²) in [5.41, 5.74) is 1.48. The van der Waals surface area contributed by atoms with E-state index in [4.69, 9.17) is 25.8 Å². The van der Waals surface area contributed by atoms with Crippen LogP contribution in [0.3, 0.4) is 0 Å². The molecule has 2 aromatic carbocycles. The molecule has 0 unspecified atom stereocenters. The van der Waals surface area contributed by atoms with Gasteiger partial charge in [0.25, 0.3) is 0 Å². The molecule has 1 aliphatic heterocycles. The molecule has 216 valence electrons. The highest BCUT2D eigenvalue weighted by Gasteiger charge is 2.43. The summed E-state index contributed by atoms with van der Waals surface area (Å²) in [4.78, 5) is 17.1. The zero-order valence-corrected chi connectivity index (χ0v) is 24.5. The molecule has 4 aromatic rings. The van der Waals surface area contributed by atoms with Crippen LogP contribution in [0.5, 0.6) is 11.5 Å². The fraction of sp³-hybridized carbons (Fsp3) is 0.333. The Morgan fingerprint density at radius 1 is 1.12 bits per heavy atom. The first-order chi connectivity index (χ1) is 19.6. The van der Waals surface area contributed by atoms with Crippen LogP contribution in [0.15, 0.2) is 42.6 Å². The molecule has 0 bridgehead atoms. The van der Waals surface area contributed by atoms with Gasteiger partial charge in [0.2, 0.25) is 5.82 Å². The molecule has 14 heteroatoms. The van der Waals surface area contributed by atoms with Crippen molar-refractivity contribution < 1.29 is 32.2 Å². The molecule has 5 rings (SSSR count). The number of fused-ring (bicyclic) bond motifs is 3. The van der Waals surface area contributed by atoms with Gasteiger partial charge in [-0.05, 0) is 36.8 Å². The Hall–Kier alpha value is -3.29. The molecular formula is C27H24ClF3N4O4S2. The molecule has 1 aliphatic rings. The second-order valence-electron chi connectivity index (χ2n) is 8.91. The van der Waals surface area contributed by atoms with Gasteiger partial charge >= 0.3 is 12.1 Å². The number of para-hydroxylation sites is 1. The quantitative estimate of drug-likeness (QED) is 0.202. The van der Waals surface area contributed by atoms with E-state index in [9.17, 15) is 18.0 Å². The van der Waals surface area contributed by atoms with E-state index >= 15 is 0 Å². The number of hydrogen-bond donors (Lipinski definition) is 0. The lowest BCUT2D eigenvalue weighted by Gasteiger charge is -2.23. The van der Waals surface area contributed by atoms with Crippen LogP contribution in [0.2, 0.25) is 5.02 Å². The first kappa shape index (κ1) is 29.2.